The van der Waals surface area contributed by atoms with Gasteiger partial charge in [0.05, 0.1) is 0 Å². The van der Waals surface area contributed by atoms with E-state index < -0.39 is 11.2 Å². The minimum atomic E-state index is -1.24. The number of ether oxygens (including phenoxy) is 2. The van der Waals surface area contributed by atoms with Gasteiger partial charge in [0.15, 0.2) is 0 Å². The number of hydrogen-bond acceptors (Lipinski definition) is 3. The molecule has 0 spiro atoms. The molecule has 106 valence electrons. The summed E-state index contributed by atoms with van der Waals surface area (Å²) in [6.45, 7) is 0. The van der Waals surface area contributed by atoms with Gasteiger partial charge in [-0.05, 0) is 48.5 Å². The van der Waals surface area contributed by atoms with Crippen LogP contribution in [0.4, 0.5) is 0 Å². The summed E-state index contributed by atoms with van der Waals surface area (Å²) in [5.74, 6) is 1.37. The lowest BCUT2D eigenvalue weighted by Crippen LogP contribution is -2.19. The van der Waals surface area contributed by atoms with Gasteiger partial charge in [-0.2, -0.15) is 0 Å². The van der Waals surface area contributed by atoms with Gasteiger partial charge in [-0.1, -0.05) is 23.2 Å². The van der Waals surface area contributed by atoms with E-state index in [9.17, 15) is 4.55 Å². The van der Waals surface area contributed by atoms with Gasteiger partial charge in [-0.25, -0.2) is 0 Å². The van der Waals surface area contributed by atoms with Gasteiger partial charge in [0.1, 0.15) is 11.5 Å². The SMILES string of the molecule is [O-][S+](COc1ccc(Cl)cc1)COc1ccc(Cl)cc1. The molecule has 0 N–H and O–H groups in total. The maximum atomic E-state index is 11.7. The Bertz CT molecular complexity index is 482. The first-order chi connectivity index (χ1) is 9.63. The van der Waals surface area contributed by atoms with Gasteiger partial charge >= 0.3 is 0 Å². The molecule has 2 aromatic carbocycles. The first kappa shape index (κ1) is 15.3. The number of hydrogen-bond donors (Lipinski definition) is 0. The second-order valence-electron chi connectivity index (χ2n) is 3.87. The zero-order valence-corrected chi connectivity index (χ0v) is 12.8. The van der Waals surface area contributed by atoms with Gasteiger partial charge < -0.3 is 14.0 Å². The van der Waals surface area contributed by atoms with Crippen LogP contribution in [-0.2, 0) is 11.2 Å². The van der Waals surface area contributed by atoms with E-state index in [1.807, 2.05) is 0 Å². The van der Waals surface area contributed by atoms with Crippen molar-refractivity contribution >= 4 is 34.4 Å². The lowest BCUT2D eigenvalue weighted by Gasteiger charge is -2.12. The van der Waals surface area contributed by atoms with Crippen LogP contribution in [0.5, 0.6) is 11.5 Å². The quantitative estimate of drug-likeness (QED) is 0.748. The maximum absolute atomic E-state index is 11.7. The average molecular weight is 331 g/mol. The third-order valence-electron chi connectivity index (χ3n) is 2.34. The first-order valence-corrected chi connectivity index (χ1v) is 7.99. The molecule has 0 saturated carbocycles. The van der Waals surface area contributed by atoms with Crippen LogP contribution in [0.2, 0.25) is 10.0 Å². The zero-order valence-electron chi connectivity index (χ0n) is 10.4. The van der Waals surface area contributed by atoms with Crippen molar-refractivity contribution < 1.29 is 14.0 Å². The second kappa shape index (κ2) is 7.64. The van der Waals surface area contributed by atoms with E-state index in [2.05, 4.69) is 0 Å². The summed E-state index contributed by atoms with van der Waals surface area (Å²) in [4.78, 5) is 0. The normalized spacial score (nSPS) is 10.6. The number of benzene rings is 2. The molecule has 2 aromatic rings. The molecule has 3 nitrogen and oxygen atoms in total. The summed E-state index contributed by atoms with van der Waals surface area (Å²) in [6, 6.07) is 13.7. The largest absolute Gasteiger partial charge is 0.611 e. The fourth-order valence-corrected chi connectivity index (χ4v) is 2.22. The van der Waals surface area contributed by atoms with Crippen molar-refractivity contribution in [1.29, 1.82) is 0 Å². The van der Waals surface area contributed by atoms with E-state index in [0.29, 0.717) is 21.5 Å². The molecule has 0 aromatic heterocycles. The molecule has 0 aliphatic carbocycles. The molecule has 0 amide bonds. The molecule has 0 unspecified atom stereocenters. The Morgan fingerprint density at radius 3 is 1.45 bits per heavy atom. The zero-order chi connectivity index (χ0) is 14.4. The van der Waals surface area contributed by atoms with Gasteiger partial charge in [-0.15, -0.1) is 0 Å². The summed E-state index contributed by atoms with van der Waals surface area (Å²) in [7, 11) is 0. The van der Waals surface area contributed by atoms with Crippen molar-refractivity contribution in [2.24, 2.45) is 0 Å². The highest BCUT2D eigenvalue weighted by atomic mass is 35.5. The smallest absolute Gasteiger partial charge is 0.248 e. The molecule has 0 aliphatic rings. The van der Waals surface area contributed by atoms with Crippen LogP contribution in [0.15, 0.2) is 48.5 Å². The Balaban J connectivity index is 1.73. The van der Waals surface area contributed by atoms with Crippen LogP contribution in [-0.4, -0.2) is 16.4 Å². The Labute approximate surface area is 130 Å². The van der Waals surface area contributed by atoms with Crippen LogP contribution in [0.3, 0.4) is 0 Å². The molecular formula is C14H12Cl2O3S. The molecule has 6 heteroatoms. The number of rotatable bonds is 6. The Morgan fingerprint density at radius 1 is 0.750 bits per heavy atom. The van der Waals surface area contributed by atoms with Crippen molar-refractivity contribution in [2.45, 2.75) is 0 Å². The van der Waals surface area contributed by atoms with E-state index >= 15 is 0 Å². The number of halogens is 2. The molecule has 0 aliphatic heterocycles. The summed E-state index contributed by atoms with van der Waals surface area (Å²) in [5, 5.41) is 1.26. The fraction of sp³-hybridized carbons (Fsp3) is 0.143. The van der Waals surface area contributed by atoms with Crippen LogP contribution in [0, 0.1) is 0 Å². The minimum Gasteiger partial charge on any atom is -0.611 e. The van der Waals surface area contributed by atoms with E-state index in [1.54, 1.807) is 48.5 Å². The van der Waals surface area contributed by atoms with Crippen molar-refractivity contribution in [2.75, 3.05) is 11.9 Å². The third-order valence-corrected chi connectivity index (χ3v) is 3.61. The van der Waals surface area contributed by atoms with Crippen LogP contribution >= 0.6 is 23.2 Å². The molecule has 0 atom stereocenters. The molecule has 0 radical (unpaired) electrons. The highest BCUT2D eigenvalue weighted by Gasteiger charge is 2.08. The highest BCUT2D eigenvalue weighted by Crippen LogP contribution is 2.17. The molecule has 0 fully saturated rings. The predicted molar refractivity (Wildman–Crippen MR) is 82.0 cm³/mol. The van der Waals surface area contributed by atoms with E-state index in [-0.39, 0.29) is 11.9 Å². The summed E-state index contributed by atoms with van der Waals surface area (Å²) < 4.78 is 22.5. The molecule has 0 saturated heterocycles. The minimum absolute atomic E-state index is 0.0647. The van der Waals surface area contributed by atoms with E-state index in [1.165, 1.54) is 0 Å². The molecular weight excluding hydrogens is 319 g/mol. The van der Waals surface area contributed by atoms with Gasteiger partial charge in [0.25, 0.3) is 0 Å². The monoisotopic (exact) mass is 330 g/mol. The Hall–Kier alpha value is -1.07. The van der Waals surface area contributed by atoms with Crippen molar-refractivity contribution in [3.63, 3.8) is 0 Å². The lowest BCUT2D eigenvalue weighted by molar-refractivity contribution is 0.347. The molecule has 20 heavy (non-hydrogen) atoms. The van der Waals surface area contributed by atoms with Crippen molar-refractivity contribution in [1.82, 2.24) is 0 Å². The molecule has 0 bridgehead atoms. The van der Waals surface area contributed by atoms with E-state index in [4.69, 9.17) is 32.7 Å². The third kappa shape index (κ3) is 5.13. The Kier molecular flexibility index (Phi) is 5.86. The van der Waals surface area contributed by atoms with E-state index in [0.717, 1.165) is 0 Å². The maximum Gasteiger partial charge on any atom is 0.248 e. The summed E-state index contributed by atoms with van der Waals surface area (Å²) in [6.07, 6.45) is 0. The Morgan fingerprint density at radius 2 is 1.10 bits per heavy atom. The van der Waals surface area contributed by atoms with Gasteiger partial charge in [-0.3, -0.25) is 0 Å². The second-order valence-corrected chi connectivity index (χ2v) is 6.10. The van der Waals surface area contributed by atoms with Crippen molar-refractivity contribution in [3.8, 4) is 11.5 Å². The van der Waals surface area contributed by atoms with Crippen LogP contribution in [0.1, 0.15) is 0 Å². The van der Waals surface area contributed by atoms with Gasteiger partial charge in [0, 0.05) is 21.2 Å². The first-order valence-electron chi connectivity index (χ1n) is 5.75. The lowest BCUT2D eigenvalue weighted by atomic mass is 10.3. The highest BCUT2D eigenvalue weighted by molar-refractivity contribution is 7.91. The fourth-order valence-electron chi connectivity index (χ4n) is 1.36. The van der Waals surface area contributed by atoms with Crippen molar-refractivity contribution in [3.05, 3.63) is 58.6 Å². The topological polar surface area (TPSA) is 41.5 Å². The summed E-state index contributed by atoms with van der Waals surface area (Å²) in [5.41, 5.74) is 0. The average Bonchev–Trinajstić information content (AvgIpc) is 2.46. The standard InChI is InChI=1S/C14H12Cl2O3S/c15-11-1-5-13(6-2-11)18-9-20(17)10-19-14-7-3-12(16)4-8-14/h1-8H,9-10H2. The van der Waals surface area contributed by atoms with Gasteiger partial charge in [0.2, 0.25) is 11.9 Å². The van der Waals surface area contributed by atoms with Crippen LogP contribution in [0.25, 0.3) is 0 Å². The van der Waals surface area contributed by atoms with Crippen LogP contribution < -0.4 is 9.47 Å². The summed E-state index contributed by atoms with van der Waals surface area (Å²) >= 11 is 10.3. The molecule has 0 heterocycles. The predicted octanol–water partition coefficient (Wildman–Crippen LogP) is 4.11. The molecule has 2 rings (SSSR count).